The number of carbonyl (C=O) groups excluding carboxylic acids is 1. The van der Waals surface area contributed by atoms with Crippen LogP contribution >= 0.6 is 23.4 Å². The molecule has 0 aliphatic rings. The van der Waals surface area contributed by atoms with Crippen LogP contribution in [-0.2, 0) is 5.75 Å². The van der Waals surface area contributed by atoms with Crippen molar-refractivity contribution in [2.24, 2.45) is 0 Å². The maximum absolute atomic E-state index is 10.6. The number of carbonyl (C=O) groups is 1. The SMILES string of the molecule is O=C([O-])c1ccc(CSc2ccc(Cl)cc2)cc1. The van der Waals surface area contributed by atoms with E-state index < -0.39 is 5.97 Å². The number of halogens is 1. The Bertz CT molecular complexity index is 535. The second-order valence-corrected chi connectivity index (χ2v) is 5.21. The predicted molar refractivity (Wildman–Crippen MR) is 71.8 cm³/mol. The molecular weight excluding hydrogens is 268 g/mol. The van der Waals surface area contributed by atoms with E-state index in [1.807, 2.05) is 24.3 Å². The Morgan fingerprint density at radius 2 is 1.67 bits per heavy atom. The summed E-state index contributed by atoms with van der Waals surface area (Å²) < 4.78 is 0. The zero-order chi connectivity index (χ0) is 13.0. The van der Waals surface area contributed by atoms with E-state index in [4.69, 9.17) is 11.6 Å². The molecule has 2 rings (SSSR count). The average molecular weight is 278 g/mol. The lowest BCUT2D eigenvalue weighted by Gasteiger charge is -2.05. The Morgan fingerprint density at radius 1 is 1.06 bits per heavy atom. The van der Waals surface area contributed by atoms with Crippen molar-refractivity contribution in [3.05, 3.63) is 64.7 Å². The van der Waals surface area contributed by atoms with Gasteiger partial charge in [0.1, 0.15) is 0 Å². The molecule has 4 heteroatoms. The van der Waals surface area contributed by atoms with Crippen molar-refractivity contribution in [2.75, 3.05) is 0 Å². The van der Waals surface area contributed by atoms with Gasteiger partial charge in [-0.05, 0) is 35.4 Å². The third kappa shape index (κ3) is 3.52. The minimum Gasteiger partial charge on any atom is -0.545 e. The van der Waals surface area contributed by atoms with Gasteiger partial charge in [0.25, 0.3) is 0 Å². The van der Waals surface area contributed by atoms with Gasteiger partial charge in [0.05, 0.1) is 5.97 Å². The Balaban J connectivity index is 1.97. The first-order valence-electron chi connectivity index (χ1n) is 5.34. The molecule has 0 atom stereocenters. The Labute approximate surface area is 115 Å². The van der Waals surface area contributed by atoms with Crippen LogP contribution in [0.3, 0.4) is 0 Å². The largest absolute Gasteiger partial charge is 0.545 e. The molecule has 0 spiro atoms. The fourth-order valence-corrected chi connectivity index (χ4v) is 2.41. The lowest BCUT2D eigenvalue weighted by atomic mass is 10.1. The van der Waals surface area contributed by atoms with E-state index in [1.165, 1.54) is 0 Å². The number of thioether (sulfide) groups is 1. The fourth-order valence-electron chi connectivity index (χ4n) is 1.43. The van der Waals surface area contributed by atoms with E-state index in [0.717, 1.165) is 21.2 Å². The van der Waals surface area contributed by atoms with Gasteiger partial charge < -0.3 is 9.90 Å². The fraction of sp³-hybridized carbons (Fsp3) is 0.0714. The molecule has 0 radical (unpaired) electrons. The van der Waals surface area contributed by atoms with Crippen LogP contribution in [0.15, 0.2) is 53.4 Å². The van der Waals surface area contributed by atoms with Gasteiger partial charge in [-0.1, -0.05) is 35.9 Å². The van der Waals surface area contributed by atoms with Crippen LogP contribution < -0.4 is 5.11 Å². The number of hydrogen-bond donors (Lipinski definition) is 0. The summed E-state index contributed by atoms with van der Waals surface area (Å²) in [6, 6.07) is 14.3. The van der Waals surface area contributed by atoms with Gasteiger partial charge >= 0.3 is 0 Å². The second kappa shape index (κ2) is 5.94. The van der Waals surface area contributed by atoms with Gasteiger partial charge in [-0.3, -0.25) is 0 Å². The number of aromatic carboxylic acids is 1. The highest BCUT2D eigenvalue weighted by Gasteiger charge is 1.98. The molecule has 0 amide bonds. The smallest absolute Gasteiger partial charge is 0.0715 e. The van der Waals surface area contributed by atoms with Gasteiger partial charge in [-0.25, -0.2) is 0 Å². The molecule has 0 bridgehead atoms. The van der Waals surface area contributed by atoms with Crippen molar-refractivity contribution in [3.8, 4) is 0 Å². The molecule has 0 heterocycles. The molecule has 2 aromatic carbocycles. The minimum atomic E-state index is -1.15. The van der Waals surface area contributed by atoms with Crippen LogP contribution in [0, 0.1) is 0 Å². The molecule has 0 aliphatic heterocycles. The molecule has 0 N–H and O–H groups in total. The van der Waals surface area contributed by atoms with Crippen molar-refractivity contribution < 1.29 is 9.90 Å². The summed E-state index contributed by atoms with van der Waals surface area (Å²) in [5, 5.41) is 11.3. The molecule has 0 saturated carbocycles. The molecule has 18 heavy (non-hydrogen) atoms. The highest BCUT2D eigenvalue weighted by atomic mass is 35.5. The lowest BCUT2D eigenvalue weighted by molar-refractivity contribution is -0.255. The summed E-state index contributed by atoms with van der Waals surface area (Å²) in [5.74, 6) is -0.360. The zero-order valence-corrected chi connectivity index (χ0v) is 11.0. The molecule has 0 aliphatic carbocycles. The summed E-state index contributed by atoms with van der Waals surface area (Å²) in [6.45, 7) is 0. The number of carboxylic acids is 1. The highest BCUT2D eigenvalue weighted by molar-refractivity contribution is 7.98. The summed E-state index contributed by atoms with van der Waals surface area (Å²) >= 11 is 7.48. The van der Waals surface area contributed by atoms with Gasteiger partial charge in [0, 0.05) is 15.7 Å². The number of benzene rings is 2. The standard InChI is InChI=1S/C14H11ClO2S/c15-12-5-7-13(8-6-12)18-9-10-1-3-11(4-2-10)14(16)17/h1-8H,9H2,(H,16,17)/p-1. The van der Waals surface area contributed by atoms with Crippen LogP contribution in [0.4, 0.5) is 0 Å². The van der Waals surface area contributed by atoms with Crippen LogP contribution in [0.25, 0.3) is 0 Å². The minimum absolute atomic E-state index is 0.204. The third-order valence-electron chi connectivity index (χ3n) is 2.41. The van der Waals surface area contributed by atoms with Crippen LogP contribution in [-0.4, -0.2) is 5.97 Å². The van der Waals surface area contributed by atoms with E-state index in [9.17, 15) is 9.90 Å². The van der Waals surface area contributed by atoms with Crippen molar-refractivity contribution in [1.29, 1.82) is 0 Å². The van der Waals surface area contributed by atoms with E-state index >= 15 is 0 Å². The van der Waals surface area contributed by atoms with Crippen LogP contribution in [0.2, 0.25) is 5.02 Å². The van der Waals surface area contributed by atoms with Crippen LogP contribution in [0.5, 0.6) is 0 Å². The summed E-state index contributed by atoms with van der Waals surface area (Å²) in [4.78, 5) is 11.7. The first-order chi connectivity index (χ1) is 8.65. The van der Waals surface area contributed by atoms with E-state index in [0.29, 0.717) is 0 Å². The number of rotatable bonds is 4. The predicted octanol–water partition coefficient (Wildman–Crippen LogP) is 3.00. The summed E-state index contributed by atoms with van der Waals surface area (Å²) in [7, 11) is 0. The van der Waals surface area contributed by atoms with Gasteiger partial charge in [0.2, 0.25) is 0 Å². The average Bonchev–Trinajstić information content (AvgIpc) is 2.38. The quantitative estimate of drug-likeness (QED) is 0.807. The van der Waals surface area contributed by atoms with Crippen molar-refractivity contribution in [2.45, 2.75) is 10.6 Å². The molecule has 0 saturated heterocycles. The Kier molecular flexibility index (Phi) is 4.28. The van der Waals surface area contributed by atoms with Crippen molar-refractivity contribution in [1.82, 2.24) is 0 Å². The topological polar surface area (TPSA) is 40.1 Å². The van der Waals surface area contributed by atoms with Gasteiger partial charge in [-0.15, -0.1) is 11.8 Å². The number of hydrogen-bond acceptors (Lipinski definition) is 3. The molecule has 92 valence electrons. The van der Waals surface area contributed by atoms with Gasteiger partial charge in [0.15, 0.2) is 0 Å². The Morgan fingerprint density at radius 3 is 2.22 bits per heavy atom. The second-order valence-electron chi connectivity index (χ2n) is 3.73. The van der Waals surface area contributed by atoms with Crippen molar-refractivity contribution in [3.63, 3.8) is 0 Å². The monoisotopic (exact) mass is 277 g/mol. The molecule has 0 unspecified atom stereocenters. The lowest BCUT2D eigenvalue weighted by Crippen LogP contribution is -2.21. The first-order valence-corrected chi connectivity index (χ1v) is 6.70. The van der Waals surface area contributed by atoms with Crippen molar-refractivity contribution >= 4 is 29.3 Å². The number of carboxylic acid groups (broad SMARTS) is 1. The normalized spacial score (nSPS) is 10.3. The molecule has 2 aromatic rings. The van der Waals surface area contributed by atoms with E-state index in [1.54, 1.807) is 36.0 Å². The van der Waals surface area contributed by atoms with Gasteiger partial charge in [-0.2, -0.15) is 0 Å². The highest BCUT2D eigenvalue weighted by Crippen LogP contribution is 2.24. The first kappa shape index (κ1) is 13.0. The molecule has 0 fully saturated rings. The third-order valence-corrected chi connectivity index (χ3v) is 3.74. The maximum atomic E-state index is 10.6. The Hall–Kier alpha value is -1.45. The summed E-state index contributed by atoms with van der Waals surface area (Å²) in [5.41, 5.74) is 1.27. The summed E-state index contributed by atoms with van der Waals surface area (Å²) in [6.07, 6.45) is 0. The maximum Gasteiger partial charge on any atom is 0.0715 e. The van der Waals surface area contributed by atoms with E-state index in [2.05, 4.69) is 0 Å². The molecule has 0 aromatic heterocycles. The van der Waals surface area contributed by atoms with E-state index in [-0.39, 0.29) is 5.56 Å². The zero-order valence-electron chi connectivity index (χ0n) is 9.43. The molecular formula is C14H10ClO2S-. The molecule has 2 nitrogen and oxygen atoms in total. The van der Waals surface area contributed by atoms with Crippen LogP contribution in [0.1, 0.15) is 15.9 Å².